The highest BCUT2D eigenvalue weighted by molar-refractivity contribution is 6.29. The van der Waals surface area contributed by atoms with Crippen molar-refractivity contribution >= 4 is 34.2 Å². The van der Waals surface area contributed by atoms with Gasteiger partial charge in [-0.2, -0.15) is 5.10 Å². The smallest absolute Gasteiger partial charge is 0.277 e. The summed E-state index contributed by atoms with van der Waals surface area (Å²) in [4.78, 5) is 19.9. The number of hydrogen-bond donors (Lipinski definition) is 1. The molecule has 1 amide bonds. The fourth-order valence-electron chi connectivity index (χ4n) is 1.96. The van der Waals surface area contributed by atoms with Gasteiger partial charge in [0.1, 0.15) is 17.3 Å². The summed E-state index contributed by atoms with van der Waals surface area (Å²) in [5.74, 6) is 0.00120. The molecule has 0 aliphatic rings. The van der Waals surface area contributed by atoms with Crippen LogP contribution in [0.3, 0.4) is 0 Å². The number of hydrogen-bond acceptors (Lipinski definition) is 4. The Kier molecular flexibility index (Phi) is 3.08. The van der Waals surface area contributed by atoms with Crippen molar-refractivity contribution in [2.75, 3.05) is 5.32 Å². The number of benzene rings is 1. The molecule has 1 N–H and O–H groups in total. The van der Waals surface area contributed by atoms with Crippen LogP contribution in [-0.2, 0) is 7.05 Å². The van der Waals surface area contributed by atoms with Crippen LogP contribution in [-0.4, -0.2) is 25.7 Å². The lowest BCUT2D eigenvalue weighted by atomic mass is 10.2. The lowest BCUT2D eigenvalue weighted by Gasteiger charge is -2.02. The molecule has 0 unspecified atom stereocenters. The first kappa shape index (κ1) is 12.6. The van der Waals surface area contributed by atoms with Crippen molar-refractivity contribution in [2.45, 2.75) is 0 Å². The van der Waals surface area contributed by atoms with E-state index >= 15 is 0 Å². The van der Waals surface area contributed by atoms with Gasteiger partial charge in [-0.3, -0.25) is 9.48 Å². The standard InChI is InChI=1S/C13H10ClN5O/c1-19-9-5-3-2-4-8(9)12(18-19)13(20)17-11-6-10(14)15-7-16-11/h2-7H,1H3,(H,15,16,17,20). The van der Waals surface area contributed by atoms with E-state index in [0.717, 1.165) is 10.9 Å². The van der Waals surface area contributed by atoms with Crippen LogP contribution in [0.25, 0.3) is 10.9 Å². The van der Waals surface area contributed by atoms with Crippen LogP contribution in [0.4, 0.5) is 5.82 Å². The number of carbonyl (C=O) groups is 1. The van der Waals surface area contributed by atoms with Gasteiger partial charge in [0.2, 0.25) is 0 Å². The van der Waals surface area contributed by atoms with Gasteiger partial charge in [0.05, 0.1) is 5.52 Å². The fraction of sp³-hybridized carbons (Fsp3) is 0.0769. The normalized spacial score (nSPS) is 10.7. The third kappa shape index (κ3) is 2.21. The molecule has 0 saturated carbocycles. The third-order valence-corrected chi connectivity index (χ3v) is 3.05. The summed E-state index contributed by atoms with van der Waals surface area (Å²) in [7, 11) is 1.79. The summed E-state index contributed by atoms with van der Waals surface area (Å²) in [6, 6.07) is 8.99. The molecular formula is C13H10ClN5O. The Morgan fingerprint density at radius 2 is 2.10 bits per heavy atom. The van der Waals surface area contributed by atoms with Gasteiger partial charge in [-0.1, -0.05) is 29.8 Å². The summed E-state index contributed by atoms with van der Waals surface area (Å²) >= 11 is 5.75. The number of anilines is 1. The highest BCUT2D eigenvalue weighted by Crippen LogP contribution is 2.18. The predicted octanol–water partition coefficient (Wildman–Crippen LogP) is 2.27. The minimum Gasteiger partial charge on any atom is -0.305 e. The van der Waals surface area contributed by atoms with Crippen LogP contribution in [0.5, 0.6) is 0 Å². The lowest BCUT2D eigenvalue weighted by molar-refractivity contribution is 0.102. The molecule has 2 heterocycles. The first-order chi connectivity index (χ1) is 9.65. The van der Waals surface area contributed by atoms with Crippen LogP contribution in [0.1, 0.15) is 10.5 Å². The molecule has 0 aliphatic carbocycles. The van der Waals surface area contributed by atoms with Crippen molar-refractivity contribution in [1.82, 2.24) is 19.7 Å². The number of carbonyl (C=O) groups excluding carboxylic acids is 1. The van der Waals surface area contributed by atoms with Crippen LogP contribution < -0.4 is 5.32 Å². The first-order valence-corrected chi connectivity index (χ1v) is 6.23. The quantitative estimate of drug-likeness (QED) is 0.734. The van der Waals surface area contributed by atoms with Crippen LogP contribution in [0, 0.1) is 0 Å². The Hall–Kier alpha value is -2.47. The van der Waals surface area contributed by atoms with Crippen LogP contribution in [0.2, 0.25) is 5.15 Å². The summed E-state index contributed by atoms with van der Waals surface area (Å²) in [6.07, 6.45) is 1.29. The topological polar surface area (TPSA) is 72.7 Å². The number of halogens is 1. The molecule has 100 valence electrons. The molecule has 6 nitrogen and oxygen atoms in total. The second-order valence-electron chi connectivity index (χ2n) is 4.17. The minimum absolute atomic E-state index is 0.265. The van der Waals surface area contributed by atoms with Crippen LogP contribution >= 0.6 is 11.6 Å². The number of nitrogens with zero attached hydrogens (tertiary/aromatic N) is 4. The Morgan fingerprint density at radius 3 is 2.90 bits per heavy atom. The molecule has 2 aromatic heterocycles. The molecule has 7 heteroatoms. The molecule has 3 rings (SSSR count). The molecule has 0 saturated heterocycles. The van der Waals surface area contributed by atoms with E-state index in [1.165, 1.54) is 12.4 Å². The largest absolute Gasteiger partial charge is 0.305 e. The molecular weight excluding hydrogens is 278 g/mol. The van der Waals surface area contributed by atoms with Crippen molar-refractivity contribution in [1.29, 1.82) is 0 Å². The average Bonchev–Trinajstić information content (AvgIpc) is 2.77. The minimum atomic E-state index is -0.337. The van der Waals surface area contributed by atoms with E-state index in [4.69, 9.17) is 11.6 Å². The van der Waals surface area contributed by atoms with E-state index in [0.29, 0.717) is 11.5 Å². The SMILES string of the molecule is Cn1nc(C(=O)Nc2cc(Cl)ncn2)c2ccccc21. The molecule has 0 bridgehead atoms. The molecule has 0 radical (unpaired) electrons. The van der Waals surface area contributed by atoms with Crippen molar-refractivity contribution < 1.29 is 4.79 Å². The van der Waals surface area contributed by atoms with E-state index < -0.39 is 0 Å². The van der Waals surface area contributed by atoms with Gasteiger partial charge in [0.15, 0.2) is 5.69 Å². The Labute approximate surface area is 119 Å². The predicted molar refractivity (Wildman–Crippen MR) is 75.7 cm³/mol. The van der Waals surface area contributed by atoms with Crippen molar-refractivity contribution in [3.05, 3.63) is 47.5 Å². The molecule has 0 spiro atoms. The second-order valence-corrected chi connectivity index (χ2v) is 4.56. The highest BCUT2D eigenvalue weighted by Gasteiger charge is 2.16. The van der Waals surface area contributed by atoms with E-state index in [1.54, 1.807) is 11.7 Å². The number of rotatable bonds is 2. The Bertz CT molecular complexity index is 798. The van der Waals surface area contributed by atoms with Gasteiger partial charge in [-0.25, -0.2) is 9.97 Å². The van der Waals surface area contributed by atoms with Gasteiger partial charge >= 0.3 is 0 Å². The number of fused-ring (bicyclic) bond motifs is 1. The Morgan fingerprint density at radius 1 is 1.30 bits per heavy atom. The van der Waals surface area contributed by atoms with Gasteiger partial charge in [0.25, 0.3) is 5.91 Å². The van der Waals surface area contributed by atoms with E-state index in [1.807, 2.05) is 24.3 Å². The summed E-state index contributed by atoms with van der Waals surface area (Å²) in [5, 5.41) is 7.94. The van der Waals surface area contributed by atoms with Gasteiger partial charge in [0, 0.05) is 18.5 Å². The molecule has 0 aliphatic heterocycles. The number of aryl methyl sites for hydroxylation is 1. The van der Waals surface area contributed by atoms with Crippen molar-refractivity contribution in [3.63, 3.8) is 0 Å². The first-order valence-electron chi connectivity index (χ1n) is 5.86. The van der Waals surface area contributed by atoms with Gasteiger partial charge in [-0.15, -0.1) is 0 Å². The summed E-state index contributed by atoms with van der Waals surface area (Å²) < 4.78 is 1.66. The lowest BCUT2D eigenvalue weighted by Crippen LogP contribution is -2.14. The average molecular weight is 288 g/mol. The molecule has 0 fully saturated rings. The summed E-state index contributed by atoms with van der Waals surface area (Å²) in [6.45, 7) is 0. The third-order valence-electron chi connectivity index (χ3n) is 2.85. The van der Waals surface area contributed by atoms with Crippen LogP contribution in [0.15, 0.2) is 36.7 Å². The zero-order valence-corrected chi connectivity index (χ0v) is 11.3. The number of aromatic nitrogens is 4. The fourth-order valence-corrected chi connectivity index (χ4v) is 2.11. The van der Waals surface area contributed by atoms with E-state index in [-0.39, 0.29) is 11.1 Å². The molecule has 1 aromatic carbocycles. The number of amides is 1. The van der Waals surface area contributed by atoms with Gasteiger partial charge in [-0.05, 0) is 6.07 Å². The maximum absolute atomic E-state index is 12.3. The second kappa shape index (κ2) is 4.90. The van der Waals surface area contributed by atoms with Crippen molar-refractivity contribution in [3.8, 4) is 0 Å². The zero-order valence-electron chi connectivity index (χ0n) is 10.5. The van der Waals surface area contributed by atoms with Crippen molar-refractivity contribution in [2.24, 2.45) is 7.05 Å². The highest BCUT2D eigenvalue weighted by atomic mass is 35.5. The summed E-state index contributed by atoms with van der Waals surface area (Å²) in [5.41, 5.74) is 1.23. The maximum Gasteiger partial charge on any atom is 0.277 e. The number of nitrogens with one attached hydrogen (secondary N) is 1. The number of para-hydroxylation sites is 1. The van der Waals surface area contributed by atoms with E-state index in [9.17, 15) is 4.79 Å². The monoisotopic (exact) mass is 287 g/mol. The molecule has 20 heavy (non-hydrogen) atoms. The van der Waals surface area contributed by atoms with E-state index in [2.05, 4.69) is 20.4 Å². The zero-order chi connectivity index (χ0) is 14.1. The maximum atomic E-state index is 12.3. The molecule has 3 aromatic rings. The Balaban J connectivity index is 1.97. The van der Waals surface area contributed by atoms with Gasteiger partial charge < -0.3 is 5.32 Å². The molecule has 0 atom stereocenters.